The second-order valence-electron chi connectivity index (χ2n) is 4.67. The van der Waals surface area contributed by atoms with E-state index in [-0.39, 0.29) is 11.1 Å². The highest BCUT2D eigenvalue weighted by molar-refractivity contribution is 5.80. The lowest BCUT2D eigenvalue weighted by molar-refractivity contribution is 0.0479. The van der Waals surface area contributed by atoms with Gasteiger partial charge in [0.2, 0.25) is 0 Å². The maximum atomic E-state index is 14.2. The van der Waals surface area contributed by atoms with Crippen molar-refractivity contribution in [2.75, 3.05) is 0 Å². The molecule has 0 aromatic heterocycles. The van der Waals surface area contributed by atoms with Crippen LogP contribution in [0.3, 0.4) is 0 Å². The van der Waals surface area contributed by atoms with Crippen LogP contribution >= 0.6 is 0 Å². The van der Waals surface area contributed by atoms with E-state index in [2.05, 4.69) is 0 Å². The highest BCUT2D eigenvalue weighted by Crippen LogP contribution is 2.51. The Morgan fingerprint density at radius 2 is 1.09 bits per heavy atom. The van der Waals surface area contributed by atoms with Gasteiger partial charge in [-0.25, -0.2) is 0 Å². The first-order valence-corrected chi connectivity index (χ1v) is 8.60. The van der Waals surface area contributed by atoms with E-state index in [1.165, 1.54) is 0 Å². The van der Waals surface area contributed by atoms with E-state index in [0.717, 1.165) is 11.1 Å². The highest BCUT2D eigenvalue weighted by atomic mass is 19.3. The molecule has 1 aliphatic carbocycles. The number of rotatable bonds is 0. The molecule has 0 spiro atoms. The van der Waals surface area contributed by atoms with Gasteiger partial charge < -0.3 is 0 Å². The van der Waals surface area contributed by atoms with Crippen LogP contribution in [0.25, 0.3) is 11.1 Å². The van der Waals surface area contributed by atoms with Crippen molar-refractivity contribution in [2.45, 2.75) is 61.3 Å². The number of hydrogen-bond acceptors (Lipinski definition) is 0. The number of alkyl halides is 2. The molecule has 0 amide bonds. The largest absolute Gasteiger partial charge is 0.299 e. The van der Waals surface area contributed by atoms with E-state index in [1.54, 1.807) is 24.3 Å². The van der Waals surface area contributed by atoms with Crippen molar-refractivity contribution in [3.05, 3.63) is 58.7 Å². The zero-order valence-electron chi connectivity index (χ0n) is 15.7. The Kier molecular flexibility index (Phi) is 8.74. The lowest BCUT2D eigenvalue weighted by Crippen LogP contribution is -2.10. The van der Waals surface area contributed by atoms with Crippen LogP contribution in [0.15, 0.2) is 36.4 Å². The first-order valence-electron chi connectivity index (χ1n) is 8.60. The summed E-state index contributed by atoms with van der Waals surface area (Å²) in [5, 5.41) is 0. The van der Waals surface area contributed by atoms with Gasteiger partial charge >= 0.3 is 0 Å². The molecule has 3 rings (SSSR count). The molecule has 0 nitrogen and oxygen atoms in total. The molecule has 2 aromatic rings. The predicted molar refractivity (Wildman–Crippen MR) is 98.4 cm³/mol. The molecule has 0 atom stereocenters. The zero-order chi connectivity index (χ0) is 18.2. The molecule has 128 valence electrons. The van der Waals surface area contributed by atoms with E-state index in [1.807, 2.05) is 67.5 Å². The Morgan fingerprint density at radius 1 is 0.609 bits per heavy atom. The summed E-state index contributed by atoms with van der Waals surface area (Å²) in [4.78, 5) is 0. The van der Waals surface area contributed by atoms with Gasteiger partial charge in [-0.15, -0.1) is 0 Å². The number of hydrogen-bond donors (Lipinski definition) is 0. The van der Waals surface area contributed by atoms with Crippen LogP contribution in [0.1, 0.15) is 63.8 Å². The molecular weight excluding hydrogens is 290 g/mol. The standard InChI is InChI=1S/C15H12F2.3C2H6/c1-9-4-6-13-12(7-9)11-5-3-10(2)8-14(11)15(13,16)17;3*1-2/h3-8H,1-2H3;3*1-2H3. The third-order valence-electron chi connectivity index (χ3n) is 3.32. The lowest BCUT2D eigenvalue weighted by Gasteiger charge is -2.12. The van der Waals surface area contributed by atoms with Crippen LogP contribution < -0.4 is 0 Å². The topological polar surface area (TPSA) is 0 Å². The van der Waals surface area contributed by atoms with Gasteiger partial charge in [-0.05, 0) is 31.0 Å². The fourth-order valence-electron chi connectivity index (χ4n) is 2.45. The summed E-state index contributed by atoms with van der Waals surface area (Å²) in [5.74, 6) is -2.86. The third-order valence-corrected chi connectivity index (χ3v) is 3.32. The van der Waals surface area contributed by atoms with E-state index >= 15 is 0 Å². The fourth-order valence-corrected chi connectivity index (χ4v) is 2.45. The summed E-state index contributed by atoms with van der Waals surface area (Å²) in [7, 11) is 0. The summed E-state index contributed by atoms with van der Waals surface area (Å²) < 4.78 is 28.5. The van der Waals surface area contributed by atoms with Crippen molar-refractivity contribution in [1.29, 1.82) is 0 Å². The summed E-state index contributed by atoms with van der Waals surface area (Å²) in [5.41, 5.74) is 3.48. The summed E-state index contributed by atoms with van der Waals surface area (Å²) in [6.07, 6.45) is 0. The van der Waals surface area contributed by atoms with Crippen molar-refractivity contribution in [2.24, 2.45) is 0 Å². The number of aryl methyl sites for hydroxylation is 2. The smallest absolute Gasteiger partial charge is 0.196 e. The van der Waals surface area contributed by atoms with Gasteiger partial charge in [0.1, 0.15) is 0 Å². The first-order chi connectivity index (χ1) is 11.0. The van der Waals surface area contributed by atoms with Gasteiger partial charge in [0.25, 0.3) is 5.92 Å². The third kappa shape index (κ3) is 4.19. The molecule has 0 bridgehead atoms. The number of benzene rings is 2. The highest BCUT2D eigenvalue weighted by Gasteiger charge is 2.44. The minimum Gasteiger partial charge on any atom is -0.196 e. The normalized spacial score (nSPS) is 12.3. The zero-order valence-corrected chi connectivity index (χ0v) is 15.7. The van der Waals surface area contributed by atoms with Gasteiger partial charge in [-0.2, -0.15) is 8.78 Å². The Morgan fingerprint density at radius 3 is 1.65 bits per heavy atom. The Bertz CT molecular complexity index is 613. The van der Waals surface area contributed by atoms with E-state index in [9.17, 15) is 8.78 Å². The van der Waals surface area contributed by atoms with Gasteiger partial charge in [-0.1, -0.05) is 83.0 Å². The average molecular weight is 320 g/mol. The van der Waals surface area contributed by atoms with Gasteiger partial charge in [0, 0.05) is 11.1 Å². The minimum atomic E-state index is -2.86. The molecule has 0 saturated carbocycles. The molecule has 1 aliphatic rings. The second kappa shape index (κ2) is 9.44. The quantitative estimate of drug-likeness (QED) is 0.471. The van der Waals surface area contributed by atoms with E-state index < -0.39 is 5.92 Å². The van der Waals surface area contributed by atoms with Crippen LogP contribution in [0.5, 0.6) is 0 Å². The first kappa shape index (κ1) is 21.3. The number of fused-ring (bicyclic) bond motifs is 3. The van der Waals surface area contributed by atoms with E-state index in [4.69, 9.17) is 0 Å². The van der Waals surface area contributed by atoms with Crippen molar-refractivity contribution < 1.29 is 8.78 Å². The second-order valence-corrected chi connectivity index (χ2v) is 4.67. The maximum Gasteiger partial charge on any atom is 0.299 e. The van der Waals surface area contributed by atoms with Gasteiger partial charge in [-0.3, -0.25) is 0 Å². The molecule has 2 heteroatoms. The molecule has 0 radical (unpaired) electrons. The molecular formula is C21H30F2. The van der Waals surface area contributed by atoms with E-state index in [0.29, 0.717) is 11.1 Å². The summed E-state index contributed by atoms with van der Waals surface area (Å²) >= 11 is 0. The maximum absolute atomic E-state index is 14.2. The molecule has 23 heavy (non-hydrogen) atoms. The Labute approximate surface area is 140 Å². The molecule has 0 heterocycles. The Hall–Kier alpha value is -1.70. The number of halogens is 2. The molecule has 2 aromatic carbocycles. The molecule has 0 unspecified atom stereocenters. The van der Waals surface area contributed by atoms with Gasteiger partial charge in [0.05, 0.1) is 0 Å². The van der Waals surface area contributed by atoms with Gasteiger partial charge in [0.15, 0.2) is 0 Å². The van der Waals surface area contributed by atoms with Crippen molar-refractivity contribution >= 4 is 0 Å². The summed E-state index contributed by atoms with van der Waals surface area (Å²) in [6.45, 7) is 15.8. The van der Waals surface area contributed by atoms with Crippen molar-refractivity contribution in [3.63, 3.8) is 0 Å². The monoisotopic (exact) mass is 320 g/mol. The van der Waals surface area contributed by atoms with Crippen LogP contribution in [-0.2, 0) is 5.92 Å². The summed E-state index contributed by atoms with van der Waals surface area (Å²) in [6, 6.07) is 10.4. The lowest BCUT2D eigenvalue weighted by atomic mass is 10.0. The van der Waals surface area contributed by atoms with Crippen LogP contribution in [-0.4, -0.2) is 0 Å². The van der Waals surface area contributed by atoms with Crippen LogP contribution in [0.4, 0.5) is 8.78 Å². The molecule has 0 aliphatic heterocycles. The van der Waals surface area contributed by atoms with Crippen LogP contribution in [0.2, 0.25) is 0 Å². The predicted octanol–water partition coefficient (Wildman–Crippen LogP) is 7.50. The average Bonchev–Trinajstić information content (AvgIpc) is 2.80. The van der Waals surface area contributed by atoms with Crippen LogP contribution in [0, 0.1) is 13.8 Å². The van der Waals surface area contributed by atoms with Crippen molar-refractivity contribution in [3.8, 4) is 11.1 Å². The molecule has 0 fully saturated rings. The van der Waals surface area contributed by atoms with Crippen molar-refractivity contribution in [1.82, 2.24) is 0 Å². The Balaban J connectivity index is 0.000000728. The SMILES string of the molecule is CC.CC.CC.Cc1ccc2c(c1)-c1ccc(C)cc1C2(F)F. The molecule has 0 saturated heterocycles. The minimum absolute atomic E-state index is 0.128. The fraction of sp³-hybridized carbons (Fsp3) is 0.429. The molecule has 0 N–H and O–H groups in total.